The summed E-state index contributed by atoms with van der Waals surface area (Å²) >= 11 is 8.04. The molecule has 68 heavy (non-hydrogen) atoms. The number of benzene rings is 5. The minimum absolute atomic E-state index is 0.0698. The van der Waals surface area contributed by atoms with Crippen LogP contribution in [0.3, 0.4) is 0 Å². The van der Waals surface area contributed by atoms with Crippen molar-refractivity contribution in [3.05, 3.63) is 143 Å². The Labute approximate surface area is 409 Å². The van der Waals surface area contributed by atoms with E-state index in [2.05, 4.69) is 36.9 Å². The molecule has 1 aromatic heterocycles. The lowest BCUT2D eigenvalue weighted by molar-refractivity contribution is 0.0696. The lowest BCUT2D eigenvalue weighted by atomic mass is 9.96. The van der Waals surface area contributed by atoms with Gasteiger partial charge in [0.15, 0.2) is 0 Å². The van der Waals surface area contributed by atoms with Crippen molar-refractivity contribution in [3.8, 4) is 22.4 Å². The van der Waals surface area contributed by atoms with Gasteiger partial charge in [-0.3, -0.25) is 4.72 Å². The molecule has 15 heteroatoms. The number of carboxylic acids is 1. The number of aromatic carboxylic acids is 1. The van der Waals surface area contributed by atoms with Gasteiger partial charge in [-0.1, -0.05) is 41.9 Å². The average Bonchev–Trinajstić information content (AvgIpc) is 3.64. The Morgan fingerprint density at radius 2 is 1.49 bits per heavy atom. The topological polar surface area (TPSA) is 130 Å². The van der Waals surface area contributed by atoms with Crippen molar-refractivity contribution in [2.24, 2.45) is 0 Å². The summed E-state index contributed by atoms with van der Waals surface area (Å²) in [5, 5.41) is 24.8. The Morgan fingerprint density at radius 3 is 2.12 bits per heavy atom. The fourth-order valence-corrected chi connectivity index (χ4v) is 11.7. The van der Waals surface area contributed by atoms with Gasteiger partial charge in [-0.25, -0.2) is 17.6 Å². The van der Waals surface area contributed by atoms with Crippen LogP contribution in [0.4, 0.5) is 27.1 Å². The van der Waals surface area contributed by atoms with Crippen LogP contribution in [-0.4, -0.2) is 97.8 Å². The van der Waals surface area contributed by atoms with Crippen LogP contribution in [0.2, 0.25) is 5.02 Å². The highest BCUT2D eigenvalue weighted by Gasteiger charge is 2.30. The van der Waals surface area contributed by atoms with Crippen LogP contribution in [0.25, 0.3) is 22.4 Å². The molecule has 6 aromatic rings. The smallest absolute Gasteiger partial charge is 0.338 e. The number of carbonyl (C=O) groups is 1. The fraction of sp³-hybridized carbons (Fsp3) is 0.340. The van der Waals surface area contributed by atoms with E-state index in [1.54, 1.807) is 55.1 Å². The summed E-state index contributed by atoms with van der Waals surface area (Å²) in [4.78, 5) is 21.0. The molecule has 0 amide bonds. The van der Waals surface area contributed by atoms with Crippen LogP contribution in [0.1, 0.15) is 60.8 Å². The second-order valence-electron chi connectivity index (χ2n) is 18.1. The van der Waals surface area contributed by atoms with Crippen LogP contribution in [-0.2, 0) is 10.0 Å². The molecule has 1 atom stereocenters. The molecular weight excluding hydrogens is 919 g/mol. The first-order valence-corrected chi connectivity index (χ1v) is 26.1. The Balaban J connectivity index is 0.917. The number of halogens is 2. The number of carboxylic acid groups (broad SMARTS) is 1. The minimum atomic E-state index is -3.89. The molecule has 2 saturated heterocycles. The number of aromatic nitrogens is 1. The van der Waals surface area contributed by atoms with Crippen molar-refractivity contribution in [2.45, 2.75) is 74.9 Å². The van der Waals surface area contributed by atoms with Gasteiger partial charge >= 0.3 is 5.97 Å². The molecule has 0 spiro atoms. The van der Waals surface area contributed by atoms with Crippen molar-refractivity contribution in [2.75, 3.05) is 71.4 Å². The second kappa shape index (κ2) is 21.4. The Kier molecular flexibility index (Phi) is 15.4. The average molecular weight is 980 g/mol. The molecule has 2 aliphatic heterocycles. The summed E-state index contributed by atoms with van der Waals surface area (Å²) < 4.78 is 47.8. The number of aliphatic hydroxyl groups excluding tert-OH is 1. The summed E-state index contributed by atoms with van der Waals surface area (Å²) in [6.45, 7) is 12.8. The highest BCUT2D eigenvalue weighted by Crippen LogP contribution is 2.43. The first-order chi connectivity index (χ1) is 32.6. The number of nitrogens with one attached hydrogen (secondary N) is 2. The number of nitrogens with zero attached hydrogens (tertiary/aromatic N) is 4. The number of piperidine rings is 1. The Hall–Kier alpha value is -5.51. The van der Waals surface area contributed by atoms with E-state index in [1.807, 2.05) is 79.9 Å². The number of sulfonamides is 1. The number of aryl methyl sites for hydroxylation is 1. The van der Waals surface area contributed by atoms with Gasteiger partial charge in [0, 0.05) is 108 Å². The number of aliphatic hydroxyl groups is 1. The van der Waals surface area contributed by atoms with E-state index >= 15 is 4.39 Å². The third kappa shape index (κ3) is 11.5. The third-order valence-corrected chi connectivity index (χ3v) is 15.8. The fourth-order valence-electron chi connectivity index (χ4n) is 9.44. The Morgan fingerprint density at radius 1 is 0.824 bits per heavy atom. The maximum absolute atomic E-state index is 15.6. The van der Waals surface area contributed by atoms with Crippen LogP contribution in [0.5, 0.6) is 0 Å². The lowest BCUT2D eigenvalue weighted by Gasteiger charge is -2.37. The maximum atomic E-state index is 15.6. The summed E-state index contributed by atoms with van der Waals surface area (Å²) in [5.41, 5.74) is 6.92. The molecule has 0 radical (unpaired) electrons. The first-order valence-electron chi connectivity index (χ1n) is 23.3. The van der Waals surface area contributed by atoms with Crippen LogP contribution < -0.4 is 19.8 Å². The zero-order chi connectivity index (χ0) is 48.1. The monoisotopic (exact) mass is 978 g/mol. The number of hydrogen-bond donors (Lipinski definition) is 4. The first kappa shape index (κ1) is 48.9. The van der Waals surface area contributed by atoms with Crippen molar-refractivity contribution in [1.82, 2.24) is 9.47 Å². The molecule has 2 fully saturated rings. The number of rotatable bonds is 17. The minimum Gasteiger partial charge on any atom is -0.478 e. The van der Waals surface area contributed by atoms with E-state index in [9.17, 15) is 23.4 Å². The predicted octanol–water partition coefficient (Wildman–Crippen LogP) is 11.1. The van der Waals surface area contributed by atoms with Gasteiger partial charge in [0.2, 0.25) is 0 Å². The number of anilines is 4. The number of piperazine rings is 1. The number of hydrogen-bond acceptors (Lipinski definition) is 9. The molecule has 11 nitrogen and oxygen atoms in total. The molecule has 0 aliphatic carbocycles. The molecule has 0 unspecified atom stereocenters. The molecule has 0 bridgehead atoms. The van der Waals surface area contributed by atoms with Gasteiger partial charge in [-0.05, 0) is 149 Å². The van der Waals surface area contributed by atoms with E-state index in [0.29, 0.717) is 65.1 Å². The summed E-state index contributed by atoms with van der Waals surface area (Å²) in [5.74, 6) is -0.693. The van der Waals surface area contributed by atoms with E-state index in [0.717, 1.165) is 67.2 Å². The Bertz CT molecular complexity index is 2810. The maximum Gasteiger partial charge on any atom is 0.338 e. The van der Waals surface area contributed by atoms with Gasteiger partial charge in [-0.2, -0.15) is 0 Å². The van der Waals surface area contributed by atoms with Crippen molar-refractivity contribution in [1.29, 1.82) is 0 Å². The van der Waals surface area contributed by atoms with E-state index in [1.165, 1.54) is 17.0 Å². The summed E-state index contributed by atoms with van der Waals surface area (Å²) in [6, 6.07) is 35.0. The normalized spacial score (nSPS) is 15.5. The van der Waals surface area contributed by atoms with Gasteiger partial charge < -0.3 is 34.8 Å². The van der Waals surface area contributed by atoms with Crippen LogP contribution in [0, 0.1) is 19.7 Å². The SMILES string of the molecule is Cc1cc(S(=O)(=O)Nc2ccc(N3CCN(c4cc(F)cc(-c5c(C(=O)O)c(C)n(C(C)C)c5-c5ccc(Cl)cc5)c4)CC3)cc2)ccc1N[C@H](CCN1CCC(O)CC1)CSc1ccccc1. The third-order valence-electron chi connectivity index (χ3n) is 13.0. The standard InChI is InChI=1S/C53H60ClFN6O5S2/c1-35(2)61-37(4)50(53(63)64)51(52(61)38-10-12-40(54)13-11-38)39-31-41(55)33-45(32-39)60-28-26-59(27-29-60)44-16-14-42(15-17-44)57-68(65,66)48-18-19-49(36(3)30-48)56-43(34-67-47-8-6-5-7-9-47)20-23-58-24-21-46(62)22-25-58/h5-19,30-33,35,43,46,56-57,62H,20-29,34H2,1-4H3,(H,63,64)/t43-/m1/s1. The molecule has 358 valence electrons. The largest absolute Gasteiger partial charge is 0.478 e. The summed E-state index contributed by atoms with van der Waals surface area (Å²) in [7, 11) is -3.89. The van der Waals surface area contributed by atoms with E-state index < -0.39 is 21.8 Å². The number of likely N-dealkylation sites (tertiary alicyclic amines) is 1. The zero-order valence-electron chi connectivity index (χ0n) is 39.0. The number of thioether (sulfide) groups is 1. The van der Waals surface area contributed by atoms with Crippen molar-refractivity contribution >= 4 is 62.1 Å². The van der Waals surface area contributed by atoms with Crippen LogP contribution >= 0.6 is 23.4 Å². The van der Waals surface area contributed by atoms with E-state index in [-0.39, 0.29) is 28.6 Å². The highest BCUT2D eigenvalue weighted by molar-refractivity contribution is 7.99. The predicted molar refractivity (Wildman–Crippen MR) is 276 cm³/mol. The van der Waals surface area contributed by atoms with Gasteiger partial charge in [0.1, 0.15) is 5.82 Å². The molecule has 2 aliphatic rings. The van der Waals surface area contributed by atoms with Gasteiger partial charge in [0.05, 0.1) is 22.3 Å². The summed E-state index contributed by atoms with van der Waals surface area (Å²) in [6.07, 6.45) is 2.30. The van der Waals surface area contributed by atoms with Crippen molar-refractivity contribution < 1.29 is 27.8 Å². The van der Waals surface area contributed by atoms with Gasteiger partial charge in [-0.15, -0.1) is 11.8 Å². The molecule has 4 N–H and O–H groups in total. The molecular formula is C53H60ClFN6O5S2. The van der Waals surface area contributed by atoms with E-state index in [4.69, 9.17) is 11.6 Å². The zero-order valence-corrected chi connectivity index (χ0v) is 41.3. The van der Waals surface area contributed by atoms with Crippen LogP contribution in [0.15, 0.2) is 125 Å². The lowest BCUT2D eigenvalue weighted by Crippen LogP contribution is -2.46. The molecule has 8 rings (SSSR count). The molecule has 5 aromatic carbocycles. The van der Waals surface area contributed by atoms with Gasteiger partial charge in [0.25, 0.3) is 10.0 Å². The second-order valence-corrected chi connectivity index (χ2v) is 21.3. The van der Waals surface area contributed by atoms with Crippen molar-refractivity contribution in [3.63, 3.8) is 0 Å². The molecule has 3 heterocycles. The quantitative estimate of drug-likeness (QED) is 0.0656. The molecule has 0 saturated carbocycles. The highest BCUT2D eigenvalue weighted by atomic mass is 35.5.